The van der Waals surface area contributed by atoms with E-state index < -0.39 is 0 Å². The molecule has 0 radical (unpaired) electrons. The lowest BCUT2D eigenvalue weighted by Crippen LogP contribution is -2.13. The average Bonchev–Trinajstić information content (AvgIpc) is 3.09. The van der Waals surface area contributed by atoms with Crippen LogP contribution in [-0.4, -0.2) is 12.7 Å². The second kappa shape index (κ2) is 4.50. The molecule has 2 atom stereocenters. The van der Waals surface area contributed by atoms with Crippen molar-refractivity contribution >= 4 is 22.4 Å². The lowest BCUT2D eigenvalue weighted by atomic mass is 9.95. The first-order valence-electron chi connectivity index (χ1n) is 7.13. The van der Waals surface area contributed by atoms with Gasteiger partial charge in [-0.05, 0) is 53.1 Å². The van der Waals surface area contributed by atoms with Crippen LogP contribution >= 0.6 is 11.6 Å². The van der Waals surface area contributed by atoms with E-state index in [1.165, 1.54) is 40.3 Å². The van der Waals surface area contributed by atoms with E-state index in [4.69, 9.17) is 16.3 Å². The van der Waals surface area contributed by atoms with Crippen molar-refractivity contribution in [3.63, 3.8) is 0 Å². The van der Waals surface area contributed by atoms with Crippen LogP contribution in [0, 0.1) is 0 Å². The van der Waals surface area contributed by atoms with Crippen molar-refractivity contribution in [3.05, 3.63) is 47.0 Å². The van der Waals surface area contributed by atoms with Crippen molar-refractivity contribution < 1.29 is 4.74 Å². The molecule has 0 saturated carbocycles. The minimum Gasteiger partial charge on any atom is -0.376 e. The zero-order valence-electron chi connectivity index (χ0n) is 10.9. The maximum atomic E-state index is 6.69. The Morgan fingerprint density at radius 2 is 1.95 bits per heavy atom. The Bertz CT molecular complexity index is 618. The molecule has 1 fully saturated rings. The highest BCUT2D eigenvalue weighted by Crippen LogP contribution is 2.40. The number of halogens is 1. The van der Waals surface area contributed by atoms with Gasteiger partial charge in [0.25, 0.3) is 0 Å². The Labute approximate surface area is 118 Å². The third kappa shape index (κ3) is 1.79. The summed E-state index contributed by atoms with van der Waals surface area (Å²) in [6, 6.07) is 11.1. The molecule has 1 saturated heterocycles. The first kappa shape index (κ1) is 11.7. The zero-order valence-corrected chi connectivity index (χ0v) is 11.6. The second-order valence-electron chi connectivity index (χ2n) is 5.61. The number of ether oxygens (including phenoxy) is 1. The monoisotopic (exact) mass is 272 g/mol. The molecular formula is C17H17ClO. The summed E-state index contributed by atoms with van der Waals surface area (Å²) in [5.74, 6) is 0. The highest BCUT2D eigenvalue weighted by molar-refractivity contribution is 6.22. The Kier molecular flexibility index (Phi) is 2.78. The van der Waals surface area contributed by atoms with Gasteiger partial charge in [-0.25, -0.2) is 0 Å². The van der Waals surface area contributed by atoms with Crippen LogP contribution in [0.2, 0.25) is 0 Å². The Morgan fingerprint density at radius 1 is 1.11 bits per heavy atom. The van der Waals surface area contributed by atoms with Gasteiger partial charge < -0.3 is 4.74 Å². The first-order chi connectivity index (χ1) is 9.34. The smallest absolute Gasteiger partial charge is 0.0853 e. The molecule has 0 amide bonds. The lowest BCUT2D eigenvalue weighted by molar-refractivity contribution is 0.108. The van der Waals surface area contributed by atoms with Gasteiger partial charge >= 0.3 is 0 Å². The van der Waals surface area contributed by atoms with E-state index in [1.807, 2.05) is 0 Å². The van der Waals surface area contributed by atoms with Crippen molar-refractivity contribution in [3.8, 4) is 0 Å². The molecule has 0 bridgehead atoms. The van der Waals surface area contributed by atoms with Crippen molar-refractivity contribution in [1.29, 1.82) is 0 Å². The highest BCUT2D eigenvalue weighted by Gasteiger charge is 2.28. The van der Waals surface area contributed by atoms with E-state index in [9.17, 15) is 0 Å². The molecule has 4 rings (SSSR count). The third-order valence-electron chi connectivity index (χ3n) is 4.50. The topological polar surface area (TPSA) is 9.23 Å². The largest absolute Gasteiger partial charge is 0.376 e. The van der Waals surface area contributed by atoms with Gasteiger partial charge in [-0.1, -0.05) is 30.3 Å². The van der Waals surface area contributed by atoms with Crippen molar-refractivity contribution in [1.82, 2.24) is 0 Å². The van der Waals surface area contributed by atoms with Gasteiger partial charge in [0.15, 0.2) is 0 Å². The fourth-order valence-electron chi connectivity index (χ4n) is 3.54. The van der Waals surface area contributed by atoms with Crippen LogP contribution < -0.4 is 0 Å². The van der Waals surface area contributed by atoms with E-state index in [-0.39, 0.29) is 11.5 Å². The van der Waals surface area contributed by atoms with E-state index in [0.717, 1.165) is 19.4 Å². The summed E-state index contributed by atoms with van der Waals surface area (Å²) >= 11 is 6.69. The molecule has 0 N–H and O–H groups in total. The number of hydrogen-bond acceptors (Lipinski definition) is 1. The number of rotatable bonds is 2. The van der Waals surface area contributed by atoms with Crippen LogP contribution in [0.1, 0.15) is 34.9 Å². The van der Waals surface area contributed by atoms with E-state index in [1.54, 1.807) is 0 Å². The summed E-state index contributed by atoms with van der Waals surface area (Å²) < 4.78 is 5.76. The van der Waals surface area contributed by atoms with Crippen molar-refractivity contribution in [2.45, 2.75) is 37.2 Å². The van der Waals surface area contributed by atoms with Crippen molar-refractivity contribution in [2.75, 3.05) is 6.61 Å². The number of hydrogen-bond donors (Lipinski definition) is 0. The van der Waals surface area contributed by atoms with Crippen molar-refractivity contribution in [2.24, 2.45) is 0 Å². The summed E-state index contributed by atoms with van der Waals surface area (Å²) in [4.78, 5) is 0. The molecule has 0 aromatic heterocycles. The lowest BCUT2D eigenvalue weighted by Gasteiger charge is -2.19. The van der Waals surface area contributed by atoms with E-state index in [2.05, 4.69) is 30.3 Å². The molecule has 2 aromatic carbocycles. The van der Waals surface area contributed by atoms with Gasteiger partial charge in [-0.2, -0.15) is 0 Å². The quantitative estimate of drug-likeness (QED) is 0.737. The predicted molar refractivity (Wildman–Crippen MR) is 78.9 cm³/mol. The predicted octanol–water partition coefficient (Wildman–Crippen LogP) is 4.40. The highest BCUT2D eigenvalue weighted by atomic mass is 35.5. The number of alkyl halides is 1. The normalized spacial score (nSPS) is 23.1. The Morgan fingerprint density at radius 3 is 2.74 bits per heavy atom. The summed E-state index contributed by atoms with van der Waals surface area (Å²) in [5.41, 5.74) is 4.20. The van der Waals surface area contributed by atoms with Gasteiger partial charge in [0.1, 0.15) is 0 Å². The standard InChI is InChI=1S/C17H17ClO/c18-17(15-5-2-10-19-15)14-9-8-12-7-6-11-3-1-4-13(14)16(11)12/h1,3-4,8-9,15,17H,2,5-7,10H2. The minimum absolute atomic E-state index is 0.0209. The van der Waals surface area contributed by atoms with Crippen LogP contribution in [0.3, 0.4) is 0 Å². The molecule has 2 aromatic rings. The molecule has 1 nitrogen and oxygen atoms in total. The zero-order chi connectivity index (χ0) is 12.8. The van der Waals surface area contributed by atoms with Gasteiger partial charge in [0, 0.05) is 6.61 Å². The van der Waals surface area contributed by atoms with Gasteiger partial charge in [-0.15, -0.1) is 11.6 Å². The second-order valence-corrected chi connectivity index (χ2v) is 6.08. The first-order valence-corrected chi connectivity index (χ1v) is 7.57. The summed E-state index contributed by atoms with van der Waals surface area (Å²) in [6.45, 7) is 0.856. The minimum atomic E-state index is -0.0209. The fraction of sp³-hybridized carbons (Fsp3) is 0.412. The number of aryl methyl sites for hydroxylation is 2. The van der Waals surface area contributed by atoms with Crippen LogP contribution in [0.4, 0.5) is 0 Å². The van der Waals surface area contributed by atoms with Gasteiger partial charge in [-0.3, -0.25) is 0 Å². The van der Waals surface area contributed by atoms with E-state index in [0.29, 0.717) is 0 Å². The molecule has 1 aliphatic carbocycles. The van der Waals surface area contributed by atoms with Crippen LogP contribution in [0.5, 0.6) is 0 Å². The van der Waals surface area contributed by atoms with Crippen LogP contribution in [0.15, 0.2) is 30.3 Å². The Hall–Kier alpha value is -1.05. The Balaban J connectivity index is 1.87. The molecular weight excluding hydrogens is 256 g/mol. The molecule has 19 heavy (non-hydrogen) atoms. The molecule has 2 heteroatoms. The maximum Gasteiger partial charge on any atom is 0.0853 e. The molecule has 2 unspecified atom stereocenters. The average molecular weight is 273 g/mol. The third-order valence-corrected chi connectivity index (χ3v) is 5.02. The van der Waals surface area contributed by atoms with Gasteiger partial charge in [0.2, 0.25) is 0 Å². The molecule has 0 spiro atoms. The SMILES string of the molecule is ClC(c1ccc2c3c(cccc13)CC2)C1CCCO1. The van der Waals surface area contributed by atoms with Gasteiger partial charge in [0.05, 0.1) is 11.5 Å². The van der Waals surface area contributed by atoms with Crippen LogP contribution in [-0.2, 0) is 17.6 Å². The maximum absolute atomic E-state index is 6.69. The summed E-state index contributed by atoms with van der Waals surface area (Å²) in [5, 5.41) is 2.76. The summed E-state index contributed by atoms with van der Waals surface area (Å²) in [7, 11) is 0. The number of benzene rings is 2. The molecule has 1 heterocycles. The van der Waals surface area contributed by atoms with E-state index >= 15 is 0 Å². The van der Waals surface area contributed by atoms with Crippen LogP contribution in [0.25, 0.3) is 10.8 Å². The molecule has 2 aliphatic rings. The molecule has 98 valence electrons. The fourth-order valence-corrected chi connectivity index (χ4v) is 3.93. The summed E-state index contributed by atoms with van der Waals surface area (Å²) in [6.07, 6.45) is 4.73. The molecule has 1 aliphatic heterocycles.